The number of nitrogens with zero attached hydrogens (tertiary/aromatic N) is 2. The maximum absolute atomic E-state index is 4.24. The molecule has 0 saturated carbocycles. The highest BCUT2D eigenvalue weighted by molar-refractivity contribution is 5.47. The number of hydrogen-bond donors (Lipinski definition) is 2. The molecule has 0 aliphatic heterocycles. The highest BCUT2D eigenvalue weighted by atomic mass is 15.1. The average Bonchev–Trinajstić information content (AvgIpc) is 2.40. The smallest absolute Gasteiger partial charge is 0.131 e. The first-order chi connectivity index (χ1) is 9.19. The second-order valence-electron chi connectivity index (χ2n) is 4.60. The van der Waals surface area contributed by atoms with Crippen LogP contribution in [0.2, 0.25) is 0 Å². The zero-order chi connectivity index (χ0) is 13.7. The van der Waals surface area contributed by atoms with Gasteiger partial charge in [-0.2, -0.15) is 0 Å². The Morgan fingerprint density at radius 2 is 1.79 bits per heavy atom. The van der Waals surface area contributed by atoms with Gasteiger partial charge in [0.1, 0.15) is 18.0 Å². The minimum Gasteiger partial charge on any atom is -0.370 e. The van der Waals surface area contributed by atoms with Crippen molar-refractivity contribution in [3.8, 4) is 0 Å². The topological polar surface area (TPSA) is 49.8 Å². The van der Waals surface area contributed by atoms with E-state index in [1.807, 2.05) is 13.0 Å². The van der Waals surface area contributed by atoms with Crippen molar-refractivity contribution in [2.45, 2.75) is 26.8 Å². The Labute approximate surface area is 114 Å². The number of rotatable bonds is 5. The third-order valence-electron chi connectivity index (χ3n) is 2.97. The summed E-state index contributed by atoms with van der Waals surface area (Å²) in [5, 5.41) is 6.56. The molecule has 0 fully saturated rings. The molecule has 1 unspecified atom stereocenters. The number of anilines is 2. The van der Waals surface area contributed by atoms with Gasteiger partial charge < -0.3 is 10.6 Å². The summed E-state index contributed by atoms with van der Waals surface area (Å²) < 4.78 is 0. The van der Waals surface area contributed by atoms with E-state index in [1.54, 1.807) is 6.33 Å². The Bertz CT molecular complexity index is 522. The summed E-state index contributed by atoms with van der Waals surface area (Å²) in [4.78, 5) is 8.40. The van der Waals surface area contributed by atoms with Crippen LogP contribution in [0.4, 0.5) is 11.6 Å². The molecule has 1 heterocycles. The van der Waals surface area contributed by atoms with Crippen LogP contribution >= 0.6 is 0 Å². The van der Waals surface area contributed by atoms with Gasteiger partial charge in [-0.15, -0.1) is 0 Å². The van der Waals surface area contributed by atoms with Gasteiger partial charge in [0.2, 0.25) is 0 Å². The SMILES string of the molecule is CCNc1cc(NC(C)c2ccc(C)cc2)ncn1. The van der Waals surface area contributed by atoms with Crippen molar-refractivity contribution in [3.05, 3.63) is 47.8 Å². The van der Waals surface area contributed by atoms with Gasteiger partial charge >= 0.3 is 0 Å². The van der Waals surface area contributed by atoms with Gasteiger partial charge in [0.05, 0.1) is 0 Å². The Balaban J connectivity index is 2.07. The van der Waals surface area contributed by atoms with Crippen molar-refractivity contribution in [3.63, 3.8) is 0 Å². The predicted molar refractivity (Wildman–Crippen MR) is 79.4 cm³/mol. The zero-order valence-corrected chi connectivity index (χ0v) is 11.6. The van der Waals surface area contributed by atoms with Gasteiger partial charge in [-0.25, -0.2) is 9.97 Å². The number of aryl methyl sites for hydroxylation is 1. The highest BCUT2D eigenvalue weighted by Gasteiger charge is 2.06. The fourth-order valence-corrected chi connectivity index (χ4v) is 1.87. The fraction of sp³-hybridized carbons (Fsp3) is 0.333. The standard InChI is InChI=1S/C15H20N4/c1-4-16-14-9-15(18-10-17-14)19-12(3)13-7-5-11(2)6-8-13/h5-10,12H,4H2,1-3H3,(H2,16,17,18,19). The summed E-state index contributed by atoms with van der Waals surface area (Å²) in [6.07, 6.45) is 1.57. The van der Waals surface area contributed by atoms with E-state index < -0.39 is 0 Å². The van der Waals surface area contributed by atoms with Crippen molar-refractivity contribution in [2.75, 3.05) is 17.2 Å². The first-order valence-electron chi connectivity index (χ1n) is 6.58. The Morgan fingerprint density at radius 3 is 2.47 bits per heavy atom. The Hall–Kier alpha value is -2.10. The molecule has 0 saturated heterocycles. The monoisotopic (exact) mass is 256 g/mol. The second kappa shape index (κ2) is 6.18. The largest absolute Gasteiger partial charge is 0.370 e. The van der Waals surface area contributed by atoms with E-state index in [4.69, 9.17) is 0 Å². The van der Waals surface area contributed by atoms with E-state index >= 15 is 0 Å². The Morgan fingerprint density at radius 1 is 1.11 bits per heavy atom. The van der Waals surface area contributed by atoms with Crippen LogP contribution in [0.1, 0.15) is 31.0 Å². The molecule has 2 rings (SSSR count). The molecular formula is C15H20N4. The average molecular weight is 256 g/mol. The Kier molecular flexibility index (Phi) is 4.34. The molecule has 100 valence electrons. The van der Waals surface area contributed by atoms with Crippen molar-refractivity contribution in [1.82, 2.24) is 9.97 Å². The summed E-state index contributed by atoms with van der Waals surface area (Å²) >= 11 is 0. The van der Waals surface area contributed by atoms with Gasteiger partial charge in [0.15, 0.2) is 0 Å². The molecule has 0 aliphatic carbocycles. The van der Waals surface area contributed by atoms with Crippen LogP contribution in [-0.2, 0) is 0 Å². The van der Waals surface area contributed by atoms with Gasteiger partial charge in [-0.05, 0) is 26.3 Å². The van der Waals surface area contributed by atoms with E-state index in [0.29, 0.717) is 0 Å². The molecule has 0 spiro atoms. The van der Waals surface area contributed by atoms with Gasteiger partial charge in [0, 0.05) is 18.7 Å². The van der Waals surface area contributed by atoms with E-state index in [-0.39, 0.29) is 6.04 Å². The van der Waals surface area contributed by atoms with Gasteiger partial charge in [-0.3, -0.25) is 0 Å². The lowest BCUT2D eigenvalue weighted by Gasteiger charge is -2.15. The molecule has 0 radical (unpaired) electrons. The van der Waals surface area contributed by atoms with Crippen LogP contribution in [0.15, 0.2) is 36.7 Å². The van der Waals surface area contributed by atoms with Crippen molar-refractivity contribution < 1.29 is 0 Å². The molecule has 0 aliphatic rings. The van der Waals surface area contributed by atoms with Crippen LogP contribution in [0, 0.1) is 6.92 Å². The van der Waals surface area contributed by atoms with Crippen LogP contribution in [0.5, 0.6) is 0 Å². The molecule has 0 amide bonds. The highest BCUT2D eigenvalue weighted by Crippen LogP contribution is 2.19. The fourth-order valence-electron chi connectivity index (χ4n) is 1.87. The van der Waals surface area contributed by atoms with Gasteiger partial charge in [-0.1, -0.05) is 29.8 Å². The lowest BCUT2D eigenvalue weighted by Crippen LogP contribution is -2.09. The summed E-state index contributed by atoms with van der Waals surface area (Å²) in [6, 6.07) is 10.7. The normalized spacial score (nSPS) is 11.9. The first kappa shape index (κ1) is 13.3. The van der Waals surface area contributed by atoms with Crippen LogP contribution in [-0.4, -0.2) is 16.5 Å². The van der Waals surface area contributed by atoms with Crippen molar-refractivity contribution in [1.29, 1.82) is 0 Å². The molecule has 4 nitrogen and oxygen atoms in total. The van der Waals surface area contributed by atoms with E-state index in [2.05, 4.69) is 58.7 Å². The summed E-state index contributed by atoms with van der Waals surface area (Å²) in [5.41, 5.74) is 2.52. The summed E-state index contributed by atoms with van der Waals surface area (Å²) in [7, 11) is 0. The molecule has 1 atom stereocenters. The lowest BCUT2D eigenvalue weighted by atomic mass is 10.1. The number of benzene rings is 1. The second-order valence-corrected chi connectivity index (χ2v) is 4.60. The van der Waals surface area contributed by atoms with E-state index in [9.17, 15) is 0 Å². The molecule has 0 bridgehead atoms. The summed E-state index contributed by atoms with van der Waals surface area (Å²) in [5.74, 6) is 1.68. The van der Waals surface area contributed by atoms with Gasteiger partial charge in [0.25, 0.3) is 0 Å². The van der Waals surface area contributed by atoms with Crippen LogP contribution in [0.3, 0.4) is 0 Å². The maximum atomic E-state index is 4.24. The third-order valence-corrected chi connectivity index (χ3v) is 2.97. The molecule has 1 aromatic carbocycles. The molecule has 4 heteroatoms. The third kappa shape index (κ3) is 3.68. The zero-order valence-electron chi connectivity index (χ0n) is 11.6. The quantitative estimate of drug-likeness (QED) is 0.861. The van der Waals surface area contributed by atoms with E-state index in [0.717, 1.165) is 18.2 Å². The van der Waals surface area contributed by atoms with E-state index in [1.165, 1.54) is 11.1 Å². The minimum atomic E-state index is 0.213. The first-order valence-corrected chi connectivity index (χ1v) is 6.58. The molecule has 2 aromatic rings. The molecular weight excluding hydrogens is 236 g/mol. The predicted octanol–water partition coefficient (Wildman–Crippen LogP) is 3.39. The molecule has 2 N–H and O–H groups in total. The number of nitrogens with one attached hydrogen (secondary N) is 2. The van der Waals surface area contributed by atoms with Crippen LogP contribution in [0.25, 0.3) is 0 Å². The lowest BCUT2D eigenvalue weighted by molar-refractivity contribution is 0.871. The summed E-state index contributed by atoms with van der Waals surface area (Å²) in [6.45, 7) is 7.11. The number of aromatic nitrogens is 2. The minimum absolute atomic E-state index is 0.213. The van der Waals surface area contributed by atoms with Crippen LogP contribution < -0.4 is 10.6 Å². The van der Waals surface area contributed by atoms with Crippen molar-refractivity contribution >= 4 is 11.6 Å². The molecule has 19 heavy (non-hydrogen) atoms. The molecule has 1 aromatic heterocycles. The maximum Gasteiger partial charge on any atom is 0.131 e. The number of hydrogen-bond acceptors (Lipinski definition) is 4. The van der Waals surface area contributed by atoms with Crippen molar-refractivity contribution in [2.24, 2.45) is 0 Å².